The molecule has 28 heavy (non-hydrogen) atoms. The first kappa shape index (κ1) is 20.1. The molecule has 2 aromatic heterocycles. The number of hydrogen-bond acceptors (Lipinski definition) is 8. The minimum Gasteiger partial charge on any atom is -0.497 e. The lowest BCUT2D eigenvalue weighted by atomic mass is 10.2. The van der Waals surface area contributed by atoms with Crippen LogP contribution in [0.5, 0.6) is 5.75 Å². The van der Waals surface area contributed by atoms with E-state index in [1.54, 1.807) is 14.0 Å². The van der Waals surface area contributed by atoms with Crippen molar-refractivity contribution in [3.8, 4) is 5.75 Å². The lowest BCUT2D eigenvalue weighted by Gasteiger charge is -2.13. The highest BCUT2D eigenvalue weighted by molar-refractivity contribution is 8.00. The molecule has 3 aromatic rings. The van der Waals surface area contributed by atoms with Crippen molar-refractivity contribution in [3.63, 3.8) is 0 Å². The first-order chi connectivity index (χ1) is 13.6. The van der Waals surface area contributed by atoms with Crippen LogP contribution in [0.4, 0.5) is 0 Å². The van der Waals surface area contributed by atoms with Gasteiger partial charge in [-0.2, -0.15) is 0 Å². The number of fused-ring (bicyclic) bond motifs is 1. The van der Waals surface area contributed by atoms with E-state index in [4.69, 9.17) is 9.47 Å². The van der Waals surface area contributed by atoms with Gasteiger partial charge in [-0.1, -0.05) is 23.9 Å². The third-order valence-corrected chi connectivity index (χ3v) is 5.65. The number of rotatable bonds is 8. The van der Waals surface area contributed by atoms with Gasteiger partial charge in [0.15, 0.2) is 6.10 Å². The molecule has 1 aromatic carbocycles. The van der Waals surface area contributed by atoms with Crippen molar-refractivity contribution in [2.75, 3.05) is 12.9 Å². The zero-order chi connectivity index (χ0) is 19.9. The zero-order valence-electron chi connectivity index (χ0n) is 15.4. The molecule has 0 aliphatic heterocycles. The Bertz CT molecular complexity index is 959. The monoisotopic (exact) mass is 417 g/mol. The fourth-order valence-electron chi connectivity index (χ4n) is 2.37. The molecule has 3 rings (SSSR count). The highest BCUT2D eigenvalue weighted by atomic mass is 32.2. The van der Waals surface area contributed by atoms with Crippen LogP contribution in [0, 0.1) is 0 Å². The molecule has 0 saturated heterocycles. The predicted octanol–water partition coefficient (Wildman–Crippen LogP) is 3.04. The van der Waals surface area contributed by atoms with Gasteiger partial charge in [-0.25, -0.2) is 9.97 Å². The zero-order valence-corrected chi connectivity index (χ0v) is 17.0. The minimum atomic E-state index is -0.877. The maximum Gasteiger partial charge on any atom is 0.317 e. The van der Waals surface area contributed by atoms with Gasteiger partial charge >= 0.3 is 5.97 Å². The third kappa shape index (κ3) is 5.20. The summed E-state index contributed by atoms with van der Waals surface area (Å²) >= 11 is 2.78. The number of ether oxygens (including phenoxy) is 2. The number of methoxy groups -OCH3 is 1. The molecule has 0 aliphatic carbocycles. The maximum absolute atomic E-state index is 12.2. The van der Waals surface area contributed by atoms with Gasteiger partial charge in [0.2, 0.25) is 0 Å². The molecule has 0 unspecified atom stereocenters. The molecule has 1 N–H and O–H groups in total. The summed E-state index contributed by atoms with van der Waals surface area (Å²) < 4.78 is 10.3. The van der Waals surface area contributed by atoms with Gasteiger partial charge in [-0.05, 0) is 36.1 Å². The Morgan fingerprint density at radius 3 is 2.75 bits per heavy atom. The summed E-state index contributed by atoms with van der Waals surface area (Å²) in [7, 11) is 1.60. The molecule has 0 saturated carbocycles. The molecule has 9 heteroatoms. The molecular formula is C19H19N3O4S2. The summed E-state index contributed by atoms with van der Waals surface area (Å²) in [6.45, 7) is 1.89. The van der Waals surface area contributed by atoms with E-state index in [0.29, 0.717) is 6.54 Å². The highest BCUT2D eigenvalue weighted by Gasteiger charge is 2.18. The number of thioether (sulfide) groups is 1. The van der Waals surface area contributed by atoms with Crippen molar-refractivity contribution in [1.29, 1.82) is 0 Å². The summed E-state index contributed by atoms with van der Waals surface area (Å²) in [5, 5.41) is 6.32. The van der Waals surface area contributed by atoms with Gasteiger partial charge in [0, 0.05) is 11.9 Å². The number of carbonyl (C=O) groups excluding carboxylic acids is 2. The predicted molar refractivity (Wildman–Crippen MR) is 109 cm³/mol. The number of nitrogens with one attached hydrogen (secondary N) is 1. The van der Waals surface area contributed by atoms with Crippen LogP contribution in [0.15, 0.2) is 47.1 Å². The van der Waals surface area contributed by atoms with E-state index < -0.39 is 12.1 Å². The van der Waals surface area contributed by atoms with Crippen molar-refractivity contribution >= 4 is 45.2 Å². The molecule has 0 aliphatic rings. The largest absolute Gasteiger partial charge is 0.497 e. The number of aromatic nitrogens is 2. The number of amides is 1. The van der Waals surface area contributed by atoms with Crippen LogP contribution in [-0.2, 0) is 20.9 Å². The molecule has 146 valence electrons. The number of benzene rings is 1. The molecule has 2 heterocycles. The molecule has 7 nitrogen and oxygen atoms in total. The summed E-state index contributed by atoms with van der Waals surface area (Å²) in [5.41, 5.74) is 0.923. The molecule has 0 bridgehead atoms. The molecular weight excluding hydrogens is 398 g/mol. The Labute approximate surface area is 170 Å². The lowest BCUT2D eigenvalue weighted by molar-refractivity contribution is -0.152. The fourth-order valence-corrected chi connectivity index (χ4v) is 3.93. The standard InChI is InChI=1S/C19H19N3O4S2/c1-12(17(24)20-9-13-3-5-14(25-2)6-4-13)26-16(23)10-28-19-15-7-8-27-18(15)21-11-22-19/h3-8,11-12H,9-10H2,1-2H3,(H,20,24)/t12-/m1/s1. The van der Waals surface area contributed by atoms with Crippen molar-refractivity contribution < 1.29 is 19.1 Å². The molecule has 0 radical (unpaired) electrons. The Morgan fingerprint density at radius 2 is 2.00 bits per heavy atom. The fraction of sp³-hybridized carbons (Fsp3) is 0.263. The van der Waals surface area contributed by atoms with E-state index in [-0.39, 0.29) is 11.7 Å². The minimum absolute atomic E-state index is 0.0675. The number of esters is 1. The van der Waals surface area contributed by atoms with Crippen LogP contribution < -0.4 is 10.1 Å². The van der Waals surface area contributed by atoms with Gasteiger partial charge in [0.25, 0.3) is 5.91 Å². The summed E-state index contributed by atoms with van der Waals surface area (Å²) in [6.07, 6.45) is 0.597. The average molecular weight is 418 g/mol. The van der Waals surface area contributed by atoms with E-state index in [0.717, 1.165) is 26.6 Å². The highest BCUT2D eigenvalue weighted by Crippen LogP contribution is 2.27. The maximum atomic E-state index is 12.2. The van der Waals surface area contributed by atoms with Crippen LogP contribution in [0.25, 0.3) is 10.2 Å². The quantitative estimate of drug-likeness (QED) is 0.342. The van der Waals surface area contributed by atoms with Crippen molar-refractivity contribution in [2.45, 2.75) is 24.6 Å². The number of carbonyl (C=O) groups is 2. The van der Waals surface area contributed by atoms with Gasteiger partial charge in [-0.3, -0.25) is 9.59 Å². The Hall–Kier alpha value is -2.65. The first-order valence-corrected chi connectivity index (χ1v) is 10.3. The van der Waals surface area contributed by atoms with Gasteiger partial charge in [0.05, 0.1) is 12.9 Å². The summed E-state index contributed by atoms with van der Waals surface area (Å²) in [6, 6.07) is 9.28. The second-order valence-electron chi connectivity index (χ2n) is 5.80. The van der Waals surface area contributed by atoms with Crippen LogP contribution >= 0.6 is 23.1 Å². The Morgan fingerprint density at radius 1 is 1.21 bits per heavy atom. The Balaban J connectivity index is 1.45. The second kappa shape index (κ2) is 9.52. The SMILES string of the molecule is COc1ccc(CNC(=O)[C@@H](C)OC(=O)CSc2ncnc3sccc23)cc1. The van der Waals surface area contributed by atoms with E-state index in [1.807, 2.05) is 35.7 Å². The van der Waals surface area contributed by atoms with Gasteiger partial charge in [-0.15, -0.1) is 11.3 Å². The van der Waals surface area contributed by atoms with Crippen LogP contribution in [0.3, 0.4) is 0 Å². The Kier molecular flexibility index (Phi) is 6.83. The second-order valence-corrected chi connectivity index (χ2v) is 7.66. The van der Waals surface area contributed by atoms with E-state index in [9.17, 15) is 9.59 Å². The van der Waals surface area contributed by atoms with Crippen LogP contribution in [0.1, 0.15) is 12.5 Å². The molecule has 0 spiro atoms. The molecule has 0 fully saturated rings. The van der Waals surface area contributed by atoms with Crippen molar-refractivity contribution in [3.05, 3.63) is 47.6 Å². The molecule has 1 amide bonds. The van der Waals surface area contributed by atoms with Gasteiger partial charge < -0.3 is 14.8 Å². The third-order valence-electron chi connectivity index (χ3n) is 3.86. The first-order valence-electron chi connectivity index (χ1n) is 8.48. The van der Waals surface area contributed by atoms with Crippen LogP contribution in [0.2, 0.25) is 0 Å². The average Bonchev–Trinajstić information content (AvgIpc) is 3.20. The lowest BCUT2D eigenvalue weighted by Crippen LogP contribution is -2.35. The van der Waals surface area contributed by atoms with E-state index in [1.165, 1.54) is 29.4 Å². The summed E-state index contributed by atoms with van der Waals surface area (Å²) in [4.78, 5) is 33.5. The van der Waals surface area contributed by atoms with Crippen LogP contribution in [-0.4, -0.2) is 40.8 Å². The van der Waals surface area contributed by atoms with E-state index >= 15 is 0 Å². The topological polar surface area (TPSA) is 90.4 Å². The van der Waals surface area contributed by atoms with E-state index in [2.05, 4.69) is 15.3 Å². The number of thiophene rings is 1. The number of nitrogens with zero attached hydrogens (tertiary/aromatic N) is 2. The summed E-state index contributed by atoms with van der Waals surface area (Å²) in [5.74, 6) is -0.00766. The molecule has 1 atom stereocenters. The smallest absolute Gasteiger partial charge is 0.317 e. The van der Waals surface area contributed by atoms with Crippen molar-refractivity contribution in [1.82, 2.24) is 15.3 Å². The van der Waals surface area contributed by atoms with Crippen molar-refractivity contribution in [2.24, 2.45) is 0 Å². The number of hydrogen-bond donors (Lipinski definition) is 1. The van der Waals surface area contributed by atoms with Gasteiger partial charge in [0.1, 0.15) is 21.9 Å². The normalized spacial score (nSPS) is 11.8.